The monoisotopic (exact) mass is 329 g/mol. The lowest BCUT2D eigenvalue weighted by atomic mass is 10.1. The number of carbonyl (C=O) groups excluding carboxylic acids is 1. The molecule has 1 aromatic carbocycles. The second kappa shape index (κ2) is 6.07. The SMILES string of the molecule is Cc1cccc(C(=O)NCC2CCCC2Cl)c1Br. The third-order valence-corrected chi connectivity index (χ3v) is 5.15. The zero-order valence-corrected chi connectivity index (χ0v) is 12.7. The number of alkyl halides is 1. The summed E-state index contributed by atoms with van der Waals surface area (Å²) < 4.78 is 0.872. The molecule has 4 heteroatoms. The topological polar surface area (TPSA) is 29.1 Å². The van der Waals surface area contributed by atoms with Crippen LogP contribution in [-0.2, 0) is 0 Å². The molecule has 2 nitrogen and oxygen atoms in total. The van der Waals surface area contributed by atoms with E-state index >= 15 is 0 Å². The highest BCUT2D eigenvalue weighted by atomic mass is 79.9. The van der Waals surface area contributed by atoms with Crippen LogP contribution in [0.2, 0.25) is 0 Å². The normalized spacial score (nSPS) is 23.1. The van der Waals surface area contributed by atoms with Crippen LogP contribution in [0, 0.1) is 12.8 Å². The van der Waals surface area contributed by atoms with Gasteiger partial charge in [-0.2, -0.15) is 0 Å². The summed E-state index contributed by atoms with van der Waals surface area (Å²) in [5, 5.41) is 3.20. The van der Waals surface area contributed by atoms with Gasteiger partial charge in [0.25, 0.3) is 5.91 Å². The summed E-state index contributed by atoms with van der Waals surface area (Å²) in [5.41, 5.74) is 1.76. The third-order valence-electron chi connectivity index (χ3n) is 3.53. The van der Waals surface area contributed by atoms with Crippen molar-refractivity contribution in [2.45, 2.75) is 31.6 Å². The van der Waals surface area contributed by atoms with Crippen LogP contribution in [0.5, 0.6) is 0 Å². The molecule has 0 bridgehead atoms. The molecule has 1 aliphatic carbocycles. The predicted octanol–water partition coefficient (Wildman–Crippen LogP) is 3.89. The van der Waals surface area contributed by atoms with Crippen molar-refractivity contribution in [2.24, 2.45) is 5.92 Å². The van der Waals surface area contributed by atoms with Crippen molar-refractivity contribution < 1.29 is 4.79 Å². The Bertz CT molecular complexity index is 449. The lowest BCUT2D eigenvalue weighted by Crippen LogP contribution is -2.31. The second-order valence-electron chi connectivity index (χ2n) is 4.85. The maximum absolute atomic E-state index is 12.1. The van der Waals surface area contributed by atoms with Crippen LogP contribution in [0.3, 0.4) is 0 Å². The van der Waals surface area contributed by atoms with Crippen molar-refractivity contribution in [1.29, 1.82) is 0 Å². The van der Waals surface area contributed by atoms with Crippen LogP contribution in [-0.4, -0.2) is 17.8 Å². The Morgan fingerprint density at radius 3 is 2.94 bits per heavy atom. The first-order chi connectivity index (χ1) is 8.59. The summed E-state index contributed by atoms with van der Waals surface area (Å²) in [6, 6.07) is 5.71. The van der Waals surface area contributed by atoms with E-state index in [-0.39, 0.29) is 11.3 Å². The lowest BCUT2D eigenvalue weighted by Gasteiger charge is -2.15. The Kier molecular flexibility index (Phi) is 4.68. The molecule has 1 fully saturated rings. The maximum atomic E-state index is 12.1. The molecule has 0 saturated heterocycles. The first-order valence-corrected chi connectivity index (χ1v) is 7.50. The summed E-state index contributed by atoms with van der Waals surface area (Å²) in [6.45, 7) is 2.65. The first kappa shape index (κ1) is 13.9. The lowest BCUT2D eigenvalue weighted by molar-refractivity contribution is 0.0947. The fourth-order valence-corrected chi connectivity index (χ4v) is 3.18. The quantitative estimate of drug-likeness (QED) is 0.837. The zero-order chi connectivity index (χ0) is 13.1. The molecular formula is C14H17BrClNO. The molecule has 1 amide bonds. The van der Waals surface area contributed by atoms with E-state index in [1.165, 1.54) is 6.42 Å². The van der Waals surface area contributed by atoms with Gasteiger partial charge in [0.1, 0.15) is 0 Å². The summed E-state index contributed by atoms with van der Waals surface area (Å²) in [7, 11) is 0. The van der Waals surface area contributed by atoms with Crippen LogP contribution in [0.15, 0.2) is 22.7 Å². The van der Waals surface area contributed by atoms with Gasteiger partial charge in [-0.3, -0.25) is 4.79 Å². The van der Waals surface area contributed by atoms with Crippen LogP contribution in [0.1, 0.15) is 35.2 Å². The molecule has 0 aromatic heterocycles. The molecule has 18 heavy (non-hydrogen) atoms. The highest BCUT2D eigenvalue weighted by Gasteiger charge is 2.25. The predicted molar refractivity (Wildman–Crippen MR) is 78.2 cm³/mol. The van der Waals surface area contributed by atoms with E-state index in [4.69, 9.17) is 11.6 Å². The number of hydrogen-bond donors (Lipinski definition) is 1. The molecule has 1 aromatic rings. The van der Waals surface area contributed by atoms with Crippen LogP contribution in [0.25, 0.3) is 0 Å². The Morgan fingerprint density at radius 2 is 2.28 bits per heavy atom. The van der Waals surface area contributed by atoms with Crippen molar-refractivity contribution in [2.75, 3.05) is 6.54 Å². The molecule has 1 N–H and O–H groups in total. The van der Waals surface area contributed by atoms with Gasteiger partial charge in [-0.05, 0) is 53.2 Å². The molecule has 98 valence electrons. The highest BCUT2D eigenvalue weighted by Crippen LogP contribution is 2.29. The van der Waals surface area contributed by atoms with Crippen LogP contribution in [0.4, 0.5) is 0 Å². The van der Waals surface area contributed by atoms with E-state index in [0.717, 1.165) is 22.9 Å². The number of aryl methyl sites for hydroxylation is 1. The summed E-state index contributed by atoms with van der Waals surface area (Å²) >= 11 is 9.66. The molecule has 2 rings (SSSR count). The summed E-state index contributed by atoms with van der Waals surface area (Å²) in [4.78, 5) is 12.1. The fourth-order valence-electron chi connectivity index (χ4n) is 2.36. The maximum Gasteiger partial charge on any atom is 0.252 e. The van der Waals surface area contributed by atoms with Crippen LogP contribution < -0.4 is 5.32 Å². The van der Waals surface area contributed by atoms with E-state index in [0.29, 0.717) is 18.0 Å². The molecule has 0 heterocycles. The van der Waals surface area contributed by atoms with Gasteiger partial charge >= 0.3 is 0 Å². The molecule has 0 radical (unpaired) electrons. The van der Waals surface area contributed by atoms with Crippen molar-refractivity contribution in [1.82, 2.24) is 5.32 Å². The average molecular weight is 331 g/mol. The van der Waals surface area contributed by atoms with Gasteiger partial charge in [-0.15, -0.1) is 11.6 Å². The molecule has 1 saturated carbocycles. The molecular weight excluding hydrogens is 314 g/mol. The molecule has 2 atom stereocenters. The summed E-state index contributed by atoms with van der Waals surface area (Å²) in [6.07, 6.45) is 3.35. The molecule has 0 spiro atoms. The van der Waals surface area contributed by atoms with Gasteiger partial charge in [0.15, 0.2) is 0 Å². The van der Waals surface area contributed by atoms with Gasteiger partial charge in [0.05, 0.1) is 5.56 Å². The number of benzene rings is 1. The van der Waals surface area contributed by atoms with Gasteiger partial charge in [0, 0.05) is 16.4 Å². The second-order valence-corrected chi connectivity index (χ2v) is 6.21. The van der Waals surface area contributed by atoms with Crippen molar-refractivity contribution in [3.63, 3.8) is 0 Å². The van der Waals surface area contributed by atoms with E-state index in [1.54, 1.807) is 0 Å². The van der Waals surface area contributed by atoms with Crippen LogP contribution >= 0.6 is 27.5 Å². The Balaban J connectivity index is 1.97. The van der Waals surface area contributed by atoms with E-state index < -0.39 is 0 Å². The third kappa shape index (κ3) is 3.07. The van der Waals surface area contributed by atoms with E-state index in [9.17, 15) is 4.79 Å². The van der Waals surface area contributed by atoms with Crippen molar-refractivity contribution in [3.05, 3.63) is 33.8 Å². The first-order valence-electron chi connectivity index (χ1n) is 6.27. The highest BCUT2D eigenvalue weighted by molar-refractivity contribution is 9.10. The fraction of sp³-hybridized carbons (Fsp3) is 0.500. The molecule has 1 aliphatic rings. The Morgan fingerprint density at radius 1 is 1.50 bits per heavy atom. The molecule has 0 aliphatic heterocycles. The number of rotatable bonds is 3. The van der Waals surface area contributed by atoms with E-state index in [1.807, 2.05) is 25.1 Å². The number of hydrogen-bond acceptors (Lipinski definition) is 1. The Hall–Kier alpha value is -0.540. The largest absolute Gasteiger partial charge is 0.352 e. The Labute approximate surface area is 121 Å². The number of carbonyl (C=O) groups is 1. The number of nitrogens with one attached hydrogen (secondary N) is 1. The number of amides is 1. The van der Waals surface area contributed by atoms with Gasteiger partial charge < -0.3 is 5.32 Å². The minimum atomic E-state index is -0.0265. The average Bonchev–Trinajstić information content (AvgIpc) is 2.75. The van der Waals surface area contributed by atoms with Gasteiger partial charge in [-0.25, -0.2) is 0 Å². The smallest absolute Gasteiger partial charge is 0.252 e. The summed E-state index contributed by atoms with van der Waals surface area (Å²) in [5.74, 6) is 0.389. The van der Waals surface area contributed by atoms with E-state index in [2.05, 4.69) is 21.2 Å². The minimum Gasteiger partial charge on any atom is -0.352 e. The molecule has 2 unspecified atom stereocenters. The minimum absolute atomic E-state index is 0.0265. The standard InChI is InChI=1S/C14H17BrClNO/c1-9-4-2-6-11(13(9)15)14(18)17-8-10-5-3-7-12(10)16/h2,4,6,10,12H,3,5,7-8H2,1H3,(H,17,18). The van der Waals surface area contributed by atoms with Gasteiger partial charge in [0.2, 0.25) is 0 Å². The number of halogens is 2. The van der Waals surface area contributed by atoms with Crippen molar-refractivity contribution in [3.8, 4) is 0 Å². The van der Waals surface area contributed by atoms with Gasteiger partial charge in [-0.1, -0.05) is 18.6 Å². The zero-order valence-electron chi connectivity index (χ0n) is 10.4. The van der Waals surface area contributed by atoms with Crippen molar-refractivity contribution >= 4 is 33.4 Å².